The van der Waals surface area contributed by atoms with Gasteiger partial charge < -0.3 is 15.4 Å². The van der Waals surface area contributed by atoms with E-state index in [4.69, 9.17) is 4.74 Å². The summed E-state index contributed by atoms with van der Waals surface area (Å²) in [7, 11) is 1.67. The Morgan fingerprint density at radius 1 is 1.04 bits per heavy atom. The highest BCUT2D eigenvalue weighted by atomic mass is 16.5. The molecule has 0 unspecified atom stereocenters. The maximum absolute atomic E-state index is 12.3. The minimum atomic E-state index is -0.00526. The number of carbonyl (C=O) groups excluding carboxylic acids is 2. The van der Waals surface area contributed by atoms with E-state index < -0.39 is 0 Å². The smallest absolute Gasteiger partial charge is 0.238 e. The van der Waals surface area contributed by atoms with Crippen molar-refractivity contribution in [2.24, 2.45) is 5.92 Å². The van der Waals surface area contributed by atoms with Crippen LogP contribution in [-0.4, -0.2) is 74.6 Å². The van der Waals surface area contributed by atoms with E-state index in [2.05, 4.69) is 32.6 Å². The van der Waals surface area contributed by atoms with Crippen molar-refractivity contribution in [3.05, 3.63) is 29.8 Å². The predicted molar refractivity (Wildman–Crippen MR) is 104 cm³/mol. The molecule has 2 aliphatic rings. The van der Waals surface area contributed by atoms with Crippen LogP contribution in [-0.2, 0) is 20.9 Å². The molecule has 148 valence electrons. The summed E-state index contributed by atoms with van der Waals surface area (Å²) in [5, 5.41) is 5.68. The van der Waals surface area contributed by atoms with Gasteiger partial charge in [0.05, 0.1) is 19.8 Å². The monoisotopic (exact) mass is 374 g/mol. The molecule has 2 heterocycles. The Labute approximate surface area is 161 Å². The summed E-state index contributed by atoms with van der Waals surface area (Å²) in [6.07, 6.45) is 1.62. The molecule has 2 aliphatic heterocycles. The number of hydrogen-bond acceptors (Lipinski definition) is 5. The fourth-order valence-electron chi connectivity index (χ4n) is 3.67. The molecule has 2 N–H and O–H groups in total. The number of amides is 2. The average molecular weight is 374 g/mol. The van der Waals surface area contributed by atoms with Crippen LogP contribution in [0.5, 0.6) is 0 Å². The zero-order chi connectivity index (χ0) is 19.1. The Bertz CT molecular complexity index is 621. The largest absolute Gasteiger partial charge is 0.379 e. The van der Waals surface area contributed by atoms with Crippen LogP contribution in [0.3, 0.4) is 0 Å². The van der Waals surface area contributed by atoms with Gasteiger partial charge in [-0.25, -0.2) is 0 Å². The highest BCUT2D eigenvalue weighted by Crippen LogP contribution is 2.17. The van der Waals surface area contributed by atoms with E-state index >= 15 is 0 Å². The van der Waals surface area contributed by atoms with E-state index in [-0.39, 0.29) is 17.7 Å². The number of benzene rings is 1. The first-order valence-electron chi connectivity index (χ1n) is 9.77. The molecule has 2 saturated heterocycles. The number of nitrogens with one attached hydrogen (secondary N) is 2. The van der Waals surface area contributed by atoms with E-state index in [0.29, 0.717) is 6.54 Å². The lowest BCUT2D eigenvalue weighted by Crippen LogP contribution is -2.42. The second-order valence-electron chi connectivity index (χ2n) is 7.30. The highest BCUT2D eigenvalue weighted by Gasteiger charge is 2.25. The third kappa shape index (κ3) is 6.02. The summed E-state index contributed by atoms with van der Waals surface area (Å²) in [4.78, 5) is 28.5. The molecule has 0 aromatic heterocycles. The van der Waals surface area contributed by atoms with Crippen LogP contribution in [0.4, 0.5) is 5.69 Å². The van der Waals surface area contributed by atoms with Gasteiger partial charge in [0.15, 0.2) is 0 Å². The minimum absolute atomic E-state index is 0.00526. The molecule has 1 aromatic carbocycles. The summed E-state index contributed by atoms with van der Waals surface area (Å²) < 4.78 is 5.37. The molecule has 2 amide bonds. The van der Waals surface area contributed by atoms with Crippen LogP contribution >= 0.6 is 0 Å². The zero-order valence-electron chi connectivity index (χ0n) is 16.1. The third-order valence-electron chi connectivity index (χ3n) is 5.32. The maximum atomic E-state index is 12.3. The summed E-state index contributed by atoms with van der Waals surface area (Å²) >= 11 is 0. The number of carbonyl (C=O) groups is 2. The van der Waals surface area contributed by atoms with Crippen LogP contribution in [0.2, 0.25) is 0 Å². The summed E-state index contributed by atoms with van der Waals surface area (Å²) in [6.45, 7) is 6.38. The van der Waals surface area contributed by atoms with Gasteiger partial charge in [-0.1, -0.05) is 12.1 Å². The third-order valence-corrected chi connectivity index (χ3v) is 5.32. The van der Waals surface area contributed by atoms with Crippen molar-refractivity contribution in [2.75, 3.05) is 58.3 Å². The number of hydrogen-bond donors (Lipinski definition) is 2. The van der Waals surface area contributed by atoms with Crippen molar-refractivity contribution in [1.82, 2.24) is 15.1 Å². The van der Waals surface area contributed by atoms with Crippen molar-refractivity contribution in [2.45, 2.75) is 19.4 Å². The molecule has 7 nitrogen and oxygen atoms in total. The molecule has 7 heteroatoms. The number of nitrogens with zero attached hydrogens (tertiary/aromatic N) is 2. The second kappa shape index (κ2) is 9.82. The molecular formula is C20H30N4O3. The first-order chi connectivity index (χ1) is 13.1. The van der Waals surface area contributed by atoms with E-state index in [1.165, 1.54) is 5.56 Å². The van der Waals surface area contributed by atoms with Crippen LogP contribution < -0.4 is 10.6 Å². The van der Waals surface area contributed by atoms with E-state index in [0.717, 1.165) is 64.5 Å². The van der Waals surface area contributed by atoms with Crippen molar-refractivity contribution >= 4 is 17.5 Å². The Balaban J connectivity index is 1.41. The van der Waals surface area contributed by atoms with Crippen molar-refractivity contribution < 1.29 is 14.3 Å². The maximum Gasteiger partial charge on any atom is 0.238 e. The van der Waals surface area contributed by atoms with Crippen LogP contribution in [0.1, 0.15) is 18.4 Å². The second-order valence-corrected chi connectivity index (χ2v) is 7.30. The van der Waals surface area contributed by atoms with Crippen molar-refractivity contribution in [3.8, 4) is 0 Å². The van der Waals surface area contributed by atoms with Gasteiger partial charge in [0.1, 0.15) is 0 Å². The minimum Gasteiger partial charge on any atom is -0.379 e. The molecule has 0 radical (unpaired) electrons. The van der Waals surface area contributed by atoms with Gasteiger partial charge in [-0.3, -0.25) is 19.4 Å². The number of ether oxygens (including phenoxy) is 1. The van der Waals surface area contributed by atoms with Crippen molar-refractivity contribution in [1.29, 1.82) is 0 Å². The zero-order valence-corrected chi connectivity index (χ0v) is 16.1. The molecule has 3 rings (SSSR count). The van der Waals surface area contributed by atoms with Gasteiger partial charge in [0.2, 0.25) is 11.8 Å². The van der Waals surface area contributed by atoms with Crippen LogP contribution in [0.15, 0.2) is 24.3 Å². The Morgan fingerprint density at radius 3 is 2.33 bits per heavy atom. The molecule has 2 fully saturated rings. The normalized spacial score (nSPS) is 19.6. The Morgan fingerprint density at radius 2 is 1.70 bits per heavy atom. The number of morpholine rings is 1. The molecular weight excluding hydrogens is 344 g/mol. The van der Waals surface area contributed by atoms with Gasteiger partial charge in [-0.15, -0.1) is 0 Å². The highest BCUT2D eigenvalue weighted by molar-refractivity contribution is 5.92. The van der Waals surface area contributed by atoms with Gasteiger partial charge in [0.25, 0.3) is 0 Å². The van der Waals surface area contributed by atoms with E-state index in [1.54, 1.807) is 7.05 Å². The Hall–Kier alpha value is -1.96. The Kier molecular flexibility index (Phi) is 7.20. The van der Waals surface area contributed by atoms with Gasteiger partial charge in [-0.05, 0) is 43.6 Å². The van der Waals surface area contributed by atoms with Gasteiger partial charge in [0, 0.05) is 38.3 Å². The van der Waals surface area contributed by atoms with Crippen LogP contribution in [0, 0.1) is 5.92 Å². The summed E-state index contributed by atoms with van der Waals surface area (Å²) in [5.41, 5.74) is 2.07. The fourth-order valence-corrected chi connectivity index (χ4v) is 3.67. The lowest BCUT2D eigenvalue weighted by atomic mass is 9.96. The number of piperidine rings is 1. The quantitative estimate of drug-likeness (QED) is 0.775. The SMILES string of the molecule is CNC(=O)C1CCN(CC(=O)Nc2ccc(CN3CCOCC3)cc2)CC1. The summed E-state index contributed by atoms with van der Waals surface area (Å²) in [6, 6.07) is 8.07. The molecule has 0 saturated carbocycles. The first-order valence-corrected chi connectivity index (χ1v) is 9.77. The predicted octanol–water partition coefficient (Wildman–Crippen LogP) is 0.915. The molecule has 0 bridgehead atoms. The lowest BCUT2D eigenvalue weighted by Gasteiger charge is -2.30. The topological polar surface area (TPSA) is 73.9 Å². The van der Waals surface area contributed by atoms with Gasteiger partial charge >= 0.3 is 0 Å². The number of anilines is 1. The van der Waals surface area contributed by atoms with Crippen molar-refractivity contribution in [3.63, 3.8) is 0 Å². The molecule has 0 spiro atoms. The average Bonchev–Trinajstić information content (AvgIpc) is 2.70. The van der Waals surface area contributed by atoms with Gasteiger partial charge in [-0.2, -0.15) is 0 Å². The molecule has 1 aromatic rings. The fraction of sp³-hybridized carbons (Fsp3) is 0.600. The lowest BCUT2D eigenvalue weighted by molar-refractivity contribution is -0.126. The first kappa shape index (κ1) is 19.8. The van der Waals surface area contributed by atoms with E-state index in [9.17, 15) is 9.59 Å². The molecule has 0 aliphatic carbocycles. The standard InChI is InChI=1S/C20H30N4O3/c1-21-20(26)17-6-8-23(9-7-17)15-19(25)22-18-4-2-16(3-5-18)14-24-10-12-27-13-11-24/h2-5,17H,6-15H2,1H3,(H,21,26)(H,22,25). The molecule has 27 heavy (non-hydrogen) atoms. The van der Waals surface area contributed by atoms with Crippen LogP contribution in [0.25, 0.3) is 0 Å². The summed E-state index contributed by atoms with van der Waals surface area (Å²) in [5.74, 6) is 0.180. The number of rotatable bonds is 6. The number of likely N-dealkylation sites (tertiary alicyclic amines) is 1. The van der Waals surface area contributed by atoms with E-state index in [1.807, 2.05) is 12.1 Å². The molecule has 0 atom stereocenters.